The number of nitrogens with one attached hydrogen (secondary N) is 2. The van der Waals surface area contributed by atoms with E-state index in [9.17, 15) is 29.1 Å². The Kier molecular flexibility index (Phi) is 17.5. The highest BCUT2D eigenvalue weighted by atomic mass is 35.5. The number of ether oxygens (including phenoxy) is 3. The minimum atomic E-state index is -1.61. The van der Waals surface area contributed by atoms with E-state index in [2.05, 4.69) is 24.5 Å². The van der Waals surface area contributed by atoms with Crippen LogP contribution in [0.3, 0.4) is 0 Å². The molecule has 1 aromatic carbocycles. The van der Waals surface area contributed by atoms with Crippen molar-refractivity contribution in [1.82, 2.24) is 15.5 Å². The molecule has 336 valence electrons. The van der Waals surface area contributed by atoms with Gasteiger partial charge in [0.05, 0.1) is 23.2 Å². The third-order valence-corrected chi connectivity index (χ3v) is 15.7. The van der Waals surface area contributed by atoms with Gasteiger partial charge >= 0.3 is 12.1 Å². The van der Waals surface area contributed by atoms with Gasteiger partial charge in [0.1, 0.15) is 29.6 Å². The Labute approximate surface area is 371 Å². The number of likely N-dealkylation sites (N-methyl/N-ethyl adjacent to an activating group) is 1. The summed E-state index contributed by atoms with van der Waals surface area (Å²) < 4.78 is 23.7. The Bertz CT molecular complexity index is 1820. The van der Waals surface area contributed by atoms with Crippen molar-refractivity contribution in [2.45, 2.75) is 148 Å². The lowest BCUT2D eigenvalue weighted by atomic mass is 9.82. The molecule has 1 aromatic rings. The number of allylic oxidation sites excluding steroid dienone is 3. The number of aliphatic hydroxyl groups is 1. The molecule has 2 fully saturated rings. The van der Waals surface area contributed by atoms with Crippen LogP contribution in [0.4, 0.5) is 10.5 Å². The lowest BCUT2D eigenvalue weighted by Crippen LogP contribution is -2.60. The van der Waals surface area contributed by atoms with Gasteiger partial charge in [0.2, 0.25) is 17.7 Å². The first-order valence-electron chi connectivity index (χ1n) is 21.3. The summed E-state index contributed by atoms with van der Waals surface area (Å²) in [5.41, 5.74) is 0.461. The highest BCUT2D eigenvalue weighted by Gasteiger charge is 2.64. The number of alkyl carbamates (subject to hydrolysis) is 1. The van der Waals surface area contributed by atoms with Crippen molar-refractivity contribution >= 4 is 68.7 Å². The molecule has 0 spiro atoms. The fraction of sp³-hybridized carbons (Fsp3) is 0.659. The molecule has 8 atom stereocenters. The lowest BCUT2D eigenvalue weighted by molar-refractivity contribution is -0.162. The van der Waals surface area contributed by atoms with Crippen LogP contribution in [0.15, 0.2) is 35.9 Å². The monoisotopic (exact) mass is 895 g/mol. The second-order valence-corrected chi connectivity index (χ2v) is 20.6. The molecule has 0 radical (unpaired) electrons. The van der Waals surface area contributed by atoms with Gasteiger partial charge in [-0.05, 0) is 78.0 Å². The summed E-state index contributed by atoms with van der Waals surface area (Å²) in [5.74, 6) is -1.46. The van der Waals surface area contributed by atoms with E-state index in [4.69, 9.17) is 27.2 Å². The molecule has 3 N–H and O–H groups in total. The van der Waals surface area contributed by atoms with E-state index in [1.807, 2.05) is 58.1 Å². The van der Waals surface area contributed by atoms with Crippen molar-refractivity contribution in [1.29, 1.82) is 0 Å². The highest BCUT2D eigenvalue weighted by molar-refractivity contribution is 8.77. The first-order valence-corrected chi connectivity index (χ1v) is 23.0. The number of anilines is 1. The summed E-state index contributed by atoms with van der Waals surface area (Å²) in [6.07, 6.45) is 4.73. The molecule has 16 heteroatoms. The van der Waals surface area contributed by atoms with Gasteiger partial charge in [-0.15, -0.1) is 0 Å². The van der Waals surface area contributed by atoms with Crippen LogP contribution in [0.2, 0.25) is 5.02 Å². The number of aryl methyl sites for hydroxylation is 1. The number of amides is 4. The Hall–Kier alpha value is -3.24. The van der Waals surface area contributed by atoms with Gasteiger partial charge in [-0.1, -0.05) is 84.3 Å². The molecule has 4 rings (SSSR count). The summed E-state index contributed by atoms with van der Waals surface area (Å²) in [7, 11) is 9.39. The number of epoxide rings is 1. The third kappa shape index (κ3) is 12.9. The fourth-order valence-corrected chi connectivity index (χ4v) is 10.3. The number of fused-ring (bicyclic) bond motifs is 5. The predicted octanol–water partition coefficient (Wildman–Crippen LogP) is 7.54. The second kappa shape index (κ2) is 21.2. The molecule has 0 aromatic heterocycles. The van der Waals surface area contributed by atoms with Crippen LogP contribution >= 0.6 is 33.2 Å². The van der Waals surface area contributed by atoms with E-state index >= 15 is 0 Å². The molecular weight excluding hydrogens is 828 g/mol. The number of nitrogens with zero attached hydrogens (tertiary/aromatic N) is 2. The highest BCUT2D eigenvalue weighted by Crippen LogP contribution is 2.49. The largest absolute Gasteiger partial charge is 0.457 e. The smallest absolute Gasteiger partial charge is 0.409 e. The van der Waals surface area contributed by atoms with Crippen molar-refractivity contribution in [3.63, 3.8) is 0 Å². The van der Waals surface area contributed by atoms with Crippen molar-refractivity contribution in [3.8, 4) is 0 Å². The van der Waals surface area contributed by atoms with Gasteiger partial charge in [-0.2, -0.15) is 0 Å². The maximum Gasteiger partial charge on any atom is 0.409 e. The van der Waals surface area contributed by atoms with Crippen molar-refractivity contribution in [2.24, 2.45) is 11.8 Å². The van der Waals surface area contributed by atoms with Gasteiger partial charge in [-0.3, -0.25) is 19.7 Å². The first-order chi connectivity index (χ1) is 28.5. The van der Waals surface area contributed by atoms with Gasteiger partial charge < -0.3 is 34.4 Å². The zero-order valence-corrected chi connectivity index (χ0v) is 39.7. The Balaban J connectivity index is 0.00000489. The number of hydrogen-bond acceptors (Lipinski definition) is 11. The molecule has 13 nitrogen and oxygen atoms in total. The van der Waals surface area contributed by atoms with Crippen LogP contribution in [-0.4, -0.2) is 107 Å². The van der Waals surface area contributed by atoms with E-state index in [0.717, 1.165) is 28.9 Å². The van der Waals surface area contributed by atoms with Crippen molar-refractivity contribution in [2.75, 3.05) is 31.8 Å². The Morgan fingerprint density at radius 1 is 1.23 bits per heavy atom. The summed E-state index contributed by atoms with van der Waals surface area (Å²) in [5, 5.41) is 17.4. The number of esters is 1. The molecule has 0 unspecified atom stereocenters. The van der Waals surface area contributed by atoms with Crippen molar-refractivity contribution < 1.29 is 44.7 Å². The minimum Gasteiger partial charge on any atom is -0.457 e. The predicted molar refractivity (Wildman–Crippen MR) is 241 cm³/mol. The molecule has 4 bridgehead atoms. The molecule has 3 aliphatic heterocycles. The molecule has 0 saturated carbocycles. The average Bonchev–Trinajstić information content (AvgIpc) is 3.91. The SMILES string of the molecule is CNC(=O)CCCSSC(C)(C)CCC(=O)N(C)[C@@H](C)C(=O)O[C@H]1CC(=O)N(C)c2cc(cc(C)c2Cl)C/C(C)=C/C=C/[C@@H](C)[C@@]2(O)C[C@H](OC(=O)N2)[C@@H](C)[C@@H]2O[C@@]12C.[2H]C. The van der Waals surface area contributed by atoms with Crippen LogP contribution in [0.5, 0.6) is 0 Å². The fourth-order valence-electron chi connectivity index (χ4n) is 7.40. The summed E-state index contributed by atoms with van der Waals surface area (Å²) in [6, 6.07) is 2.86. The number of halogens is 1. The van der Waals surface area contributed by atoms with Crippen LogP contribution in [0.1, 0.15) is 107 Å². The summed E-state index contributed by atoms with van der Waals surface area (Å²) in [4.78, 5) is 68.8. The van der Waals surface area contributed by atoms with E-state index in [1.165, 1.54) is 17.2 Å². The molecule has 3 aliphatic rings. The maximum absolute atomic E-state index is 14.2. The van der Waals surface area contributed by atoms with Gasteiger partial charge in [-0.25, -0.2) is 9.59 Å². The number of hydrogen-bond donors (Lipinski definition) is 3. The molecular formula is C44H67ClN4O9S2. The van der Waals surface area contributed by atoms with Gasteiger partial charge in [0.15, 0.2) is 0 Å². The van der Waals surface area contributed by atoms with Crippen LogP contribution < -0.4 is 15.5 Å². The quantitative estimate of drug-likeness (QED) is 0.0821. The van der Waals surface area contributed by atoms with Crippen LogP contribution in [0.25, 0.3) is 0 Å². The zero-order valence-electron chi connectivity index (χ0n) is 38.3. The zero-order chi connectivity index (χ0) is 46.0. The number of carbonyl (C=O) groups is 5. The van der Waals surface area contributed by atoms with Crippen LogP contribution in [0, 0.1) is 18.8 Å². The molecule has 60 heavy (non-hydrogen) atoms. The number of carbonyl (C=O) groups excluding carboxylic acids is 5. The number of benzene rings is 1. The summed E-state index contributed by atoms with van der Waals surface area (Å²) in [6.45, 7) is 15.0. The van der Waals surface area contributed by atoms with Crippen LogP contribution in [-0.2, 0) is 39.8 Å². The summed E-state index contributed by atoms with van der Waals surface area (Å²) >= 11 is 6.81. The van der Waals surface area contributed by atoms with Gasteiger partial charge in [0, 0.05) is 64.1 Å². The maximum atomic E-state index is 14.2. The minimum absolute atomic E-state index is 0.0100. The lowest BCUT2D eigenvalue weighted by Gasteiger charge is -2.41. The average molecular weight is 897 g/mol. The number of rotatable bonds is 12. The third-order valence-electron chi connectivity index (χ3n) is 11.8. The Morgan fingerprint density at radius 2 is 1.92 bits per heavy atom. The second-order valence-electron chi connectivity index (χ2n) is 17.1. The Morgan fingerprint density at radius 3 is 2.58 bits per heavy atom. The van der Waals surface area contributed by atoms with E-state index < -0.39 is 59.6 Å². The molecule has 4 amide bonds. The van der Waals surface area contributed by atoms with E-state index in [-0.39, 0.29) is 41.7 Å². The standard InChI is InChI=1S/C43H63ClN4O9S2.CH4/c1-25-14-12-15-27(3)43(54)24-32(55-40(53)46-43)28(4)38-42(8,57-38)33(23-36(51)48(11)31-22-30(20-25)21-26(2)37(31)44)56-39(52)29(5)47(10)35(50)17-18-41(6,7)59-58-19-13-16-34(49)45-9;/h12,14-15,21-22,27-29,32-33,38,54H,13,16-20,23-24H2,1-11H3,(H,45,49)(H,46,53);1H4/b15-12+,25-14+;/t27-,28-,29+,32+,33+,38+,42+,43+;/m1./s1/i;1D. The normalized spacial score (nSPS) is 29.1. The van der Waals surface area contributed by atoms with Crippen molar-refractivity contribution in [3.05, 3.63) is 52.1 Å². The molecule has 0 aliphatic carbocycles. The molecule has 3 heterocycles. The topological polar surface area (TPSA) is 167 Å². The molecule has 2 saturated heterocycles. The first kappa shape index (κ1) is 49.4. The van der Waals surface area contributed by atoms with E-state index in [1.54, 1.807) is 56.6 Å². The van der Waals surface area contributed by atoms with E-state index in [0.29, 0.717) is 30.0 Å². The van der Waals surface area contributed by atoms with Gasteiger partial charge in [0.25, 0.3) is 0 Å².